The molecule has 176 valence electrons. The Hall–Kier alpha value is -3.12. The summed E-state index contributed by atoms with van der Waals surface area (Å²) >= 11 is 5.60. The SMILES string of the molecule is COc1cc(C(=O)N/N=C\c2cc(Br)c(OCc3ccc(C(=O)O)cc3)c(OC)c2)ccc1I. The molecule has 0 saturated heterocycles. The quantitative estimate of drug-likeness (QED) is 0.192. The highest BCUT2D eigenvalue weighted by Gasteiger charge is 2.13. The topological polar surface area (TPSA) is 106 Å². The van der Waals surface area contributed by atoms with E-state index in [-0.39, 0.29) is 18.1 Å². The van der Waals surface area contributed by atoms with Crippen LogP contribution >= 0.6 is 38.5 Å². The lowest BCUT2D eigenvalue weighted by Crippen LogP contribution is -2.17. The van der Waals surface area contributed by atoms with Crippen LogP contribution in [0.2, 0.25) is 0 Å². The number of hydrazone groups is 1. The van der Waals surface area contributed by atoms with E-state index in [1.807, 2.05) is 0 Å². The summed E-state index contributed by atoms with van der Waals surface area (Å²) in [5, 5.41) is 13.0. The number of hydrogen-bond acceptors (Lipinski definition) is 6. The standard InChI is InChI=1S/C24H20BrIN2O6/c1-32-20-11-17(7-8-19(20)26)23(29)28-27-12-15-9-18(25)22(21(10-15)33-2)34-13-14-3-5-16(6-4-14)24(30)31/h3-12H,13H2,1-2H3,(H,28,29)(H,30,31)/b27-12-. The molecular formula is C24H20BrIN2O6. The van der Waals surface area contributed by atoms with Gasteiger partial charge in [0.15, 0.2) is 11.5 Å². The number of carbonyl (C=O) groups excluding carboxylic acids is 1. The number of rotatable bonds is 9. The summed E-state index contributed by atoms with van der Waals surface area (Å²) in [5.74, 6) is 0.206. The summed E-state index contributed by atoms with van der Waals surface area (Å²) < 4.78 is 18.1. The first-order chi connectivity index (χ1) is 16.3. The van der Waals surface area contributed by atoms with Crippen LogP contribution in [0, 0.1) is 3.57 Å². The van der Waals surface area contributed by atoms with Gasteiger partial charge in [-0.2, -0.15) is 5.10 Å². The molecule has 0 fully saturated rings. The summed E-state index contributed by atoms with van der Waals surface area (Å²) in [5.41, 5.74) is 4.60. The van der Waals surface area contributed by atoms with E-state index < -0.39 is 5.97 Å². The van der Waals surface area contributed by atoms with Gasteiger partial charge in [-0.05, 0) is 92.1 Å². The molecule has 3 aromatic carbocycles. The van der Waals surface area contributed by atoms with Crippen molar-refractivity contribution < 1.29 is 28.9 Å². The van der Waals surface area contributed by atoms with Crippen LogP contribution in [-0.4, -0.2) is 37.4 Å². The number of benzene rings is 3. The third kappa shape index (κ3) is 6.48. The Bertz CT molecular complexity index is 1230. The van der Waals surface area contributed by atoms with Crippen molar-refractivity contribution in [3.05, 3.63) is 84.9 Å². The molecule has 8 nitrogen and oxygen atoms in total. The van der Waals surface area contributed by atoms with E-state index in [1.165, 1.54) is 25.5 Å². The highest BCUT2D eigenvalue weighted by Crippen LogP contribution is 2.37. The number of ether oxygens (including phenoxy) is 3. The van der Waals surface area contributed by atoms with E-state index in [4.69, 9.17) is 19.3 Å². The van der Waals surface area contributed by atoms with Gasteiger partial charge in [0.05, 0.1) is 34.0 Å². The van der Waals surface area contributed by atoms with E-state index in [1.54, 1.807) is 49.6 Å². The first-order valence-corrected chi connectivity index (χ1v) is 11.7. The second-order valence-corrected chi connectivity index (χ2v) is 8.89. The van der Waals surface area contributed by atoms with Gasteiger partial charge >= 0.3 is 5.97 Å². The molecule has 0 radical (unpaired) electrons. The van der Waals surface area contributed by atoms with Crippen LogP contribution in [0.3, 0.4) is 0 Å². The Balaban J connectivity index is 1.68. The van der Waals surface area contributed by atoms with Gasteiger partial charge in [0, 0.05) is 5.56 Å². The van der Waals surface area contributed by atoms with Crippen molar-refractivity contribution in [3.8, 4) is 17.2 Å². The number of nitrogens with zero attached hydrogens (tertiary/aromatic N) is 1. The Morgan fingerprint density at radius 1 is 1.03 bits per heavy atom. The number of aromatic carboxylic acids is 1. The zero-order valence-electron chi connectivity index (χ0n) is 18.2. The van der Waals surface area contributed by atoms with E-state index in [2.05, 4.69) is 49.0 Å². The minimum atomic E-state index is -0.983. The Morgan fingerprint density at radius 3 is 2.35 bits per heavy atom. The number of amides is 1. The van der Waals surface area contributed by atoms with E-state index in [0.717, 1.165) is 9.13 Å². The van der Waals surface area contributed by atoms with Crippen molar-refractivity contribution >= 4 is 56.6 Å². The summed E-state index contributed by atoms with van der Waals surface area (Å²) in [6.45, 7) is 0.220. The molecule has 2 N–H and O–H groups in total. The molecule has 0 aliphatic rings. The smallest absolute Gasteiger partial charge is 0.335 e. The molecule has 0 bridgehead atoms. The zero-order chi connectivity index (χ0) is 24.7. The number of carboxylic acids is 1. The fraction of sp³-hybridized carbons (Fsp3) is 0.125. The number of nitrogens with one attached hydrogen (secondary N) is 1. The van der Waals surface area contributed by atoms with E-state index >= 15 is 0 Å². The van der Waals surface area contributed by atoms with Gasteiger partial charge < -0.3 is 19.3 Å². The first kappa shape index (κ1) is 25.5. The highest BCUT2D eigenvalue weighted by molar-refractivity contribution is 14.1. The van der Waals surface area contributed by atoms with E-state index in [9.17, 15) is 9.59 Å². The largest absolute Gasteiger partial charge is 0.496 e. The summed E-state index contributed by atoms with van der Waals surface area (Å²) in [4.78, 5) is 23.3. The maximum absolute atomic E-state index is 12.4. The molecule has 0 aromatic heterocycles. The molecule has 3 rings (SSSR count). The molecule has 0 atom stereocenters. The van der Waals surface area contributed by atoms with Crippen molar-refractivity contribution in [1.29, 1.82) is 0 Å². The van der Waals surface area contributed by atoms with Gasteiger partial charge in [0.25, 0.3) is 5.91 Å². The molecule has 10 heteroatoms. The number of carbonyl (C=O) groups is 2. The molecule has 1 amide bonds. The molecule has 0 aliphatic carbocycles. The maximum Gasteiger partial charge on any atom is 0.335 e. The average molecular weight is 639 g/mol. The van der Waals surface area contributed by atoms with Crippen LogP contribution in [0.1, 0.15) is 31.8 Å². The fourth-order valence-corrected chi connectivity index (χ4v) is 4.01. The summed E-state index contributed by atoms with van der Waals surface area (Å²) in [7, 11) is 3.06. The monoisotopic (exact) mass is 638 g/mol. The lowest BCUT2D eigenvalue weighted by atomic mass is 10.1. The minimum absolute atomic E-state index is 0.208. The first-order valence-electron chi connectivity index (χ1n) is 9.82. The van der Waals surface area contributed by atoms with Gasteiger partial charge in [-0.15, -0.1) is 0 Å². The lowest BCUT2D eigenvalue weighted by molar-refractivity contribution is 0.0696. The van der Waals surface area contributed by atoms with Gasteiger partial charge in [0.1, 0.15) is 12.4 Å². The van der Waals surface area contributed by atoms with Gasteiger partial charge in [-0.1, -0.05) is 12.1 Å². The second kappa shape index (κ2) is 11.8. The summed E-state index contributed by atoms with van der Waals surface area (Å²) in [6, 6.07) is 15.0. The molecule has 0 saturated carbocycles. The Kier molecular flexibility index (Phi) is 8.88. The Labute approximate surface area is 218 Å². The summed E-state index contributed by atoms with van der Waals surface area (Å²) in [6.07, 6.45) is 1.49. The van der Waals surface area contributed by atoms with Crippen LogP contribution in [0.15, 0.2) is 64.2 Å². The number of halogens is 2. The zero-order valence-corrected chi connectivity index (χ0v) is 21.9. The third-order valence-electron chi connectivity index (χ3n) is 4.63. The van der Waals surface area contributed by atoms with Gasteiger partial charge in [-0.3, -0.25) is 4.79 Å². The van der Waals surface area contributed by atoms with Crippen molar-refractivity contribution in [3.63, 3.8) is 0 Å². The van der Waals surface area contributed by atoms with Gasteiger partial charge in [-0.25, -0.2) is 10.2 Å². The molecule has 0 heterocycles. The average Bonchev–Trinajstić information content (AvgIpc) is 2.83. The Morgan fingerprint density at radius 2 is 1.71 bits per heavy atom. The van der Waals surface area contributed by atoms with Crippen LogP contribution in [-0.2, 0) is 6.61 Å². The van der Waals surface area contributed by atoms with E-state index in [0.29, 0.717) is 32.8 Å². The molecule has 3 aromatic rings. The molecule has 0 aliphatic heterocycles. The highest BCUT2D eigenvalue weighted by atomic mass is 127. The third-order valence-corrected chi connectivity index (χ3v) is 6.11. The van der Waals surface area contributed by atoms with Crippen molar-refractivity contribution in [2.45, 2.75) is 6.61 Å². The minimum Gasteiger partial charge on any atom is -0.496 e. The van der Waals surface area contributed by atoms with Crippen LogP contribution in [0.4, 0.5) is 0 Å². The molecule has 0 spiro atoms. The van der Waals surface area contributed by atoms with Crippen molar-refractivity contribution in [2.24, 2.45) is 5.10 Å². The molecule has 0 unspecified atom stereocenters. The van der Waals surface area contributed by atoms with Crippen molar-refractivity contribution in [2.75, 3.05) is 14.2 Å². The van der Waals surface area contributed by atoms with Crippen LogP contribution in [0.5, 0.6) is 17.2 Å². The second-order valence-electron chi connectivity index (χ2n) is 6.87. The van der Waals surface area contributed by atoms with Gasteiger partial charge in [0.2, 0.25) is 0 Å². The fourth-order valence-electron chi connectivity index (χ4n) is 2.88. The predicted octanol–water partition coefficient (Wildman–Crippen LogP) is 5.11. The van der Waals surface area contributed by atoms with Crippen molar-refractivity contribution in [1.82, 2.24) is 5.43 Å². The van der Waals surface area contributed by atoms with Crippen LogP contribution < -0.4 is 19.6 Å². The number of methoxy groups -OCH3 is 2. The van der Waals surface area contributed by atoms with Crippen LogP contribution in [0.25, 0.3) is 0 Å². The molecular weight excluding hydrogens is 619 g/mol. The number of hydrogen-bond donors (Lipinski definition) is 2. The lowest BCUT2D eigenvalue weighted by Gasteiger charge is -2.13. The number of carboxylic acid groups (broad SMARTS) is 1. The maximum atomic E-state index is 12.4. The normalized spacial score (nSPS) is 10.7. The predicted molar refractivity (Wildman–Crippen MR) is 139 cm³/mol. The molecule has 34 heavy (non-hydrogen) atoms.